The highest BCUT2D eigenvalue weighted by atomic mass is 16.5. The van der Waals surface area contributed by atoms with Gasteiger partial charge in [-0.15, -0.1) is 0 Å². The van der Waals surface area contributed by atoms with Gasteiger partial charge in [0.05, 0.1) is 25.8 Å². The van der Waals surface area contributed by atoms with Gasteiger partial charge in [-0.05, 0) is 17.7 Å². The monoisotopic (exact) mass is 500 g/mol. The van der Waals surface area contributed by atoms with Crippen molar-refractivity contribution in [1.82, 2.24) is 28.5 Å². The van der Waals surface area contributed by atoms with Crippen molar-refractivity contribution in [3.05, 3.63) is 91.5 Å². The number of hydrogen-bond acceptors (Lipinski definition) is 7. The summed E-state index contributed by atoms with van der Waals surface area (Å²) in [7, 11) is 5.86. The highest BCUT2D eigenvalue weighted by molar-refractivity contribution is 5.89. The van der Waals surface area contributed by atoms with E-state index in [1.807, 2.05) is 42.5 Å². The smallest absolute Gasteiger partial charge is 0.332 e. The van der Waals surface area contributed by atoms with Crippen molar-refractivity contribution < 1.29 is 9.47 Å². The fourth-order valence-corrected chi connectivity index (χ4v) is 4.32. The van der Waals surface area contributed by atoms with Gasteiger partial charge in [-0.25, -0.2) is 4.79 Å². The van der Waals surface area contributed by atoms with Crippen LogP contribution in [0.15, 0.2) is 69.1 Å². The second-order valence-corrected chi connectivity index (χ2v) is 8.34. The molecule has 2 aromatic carbocycles. The van der Waals surface area contributed by atoms with E-state index in [9.17, 15) is 14.4 Å². The number of imidazole rings is 1. The molecule has 0 unspecified atom stereocenters. The summed E-state index contributed by atoms with van der Waals surface area (Å²) in [5, 5.41) is 5.14. The number of hydrogen-bond donors (Lipinski definition) is 0. The van der Waals surface area contributed by atoms with Crippen LogP contribution in [0.2, 0.25) is 0 Å². The lowest BCUT2D eigenvalue weighted by atomic mass is 10.1. The molecule has 0 saturated heterocycles. The molecule has 37 heavy (non-hydrogen) atoms. The minimum Gasteiger partial charge on any atom is -0.493 e. The maximum atomic E-state index is 13.7. The van der Waals surface area contributed by atoms with Crippen LogP contribution >= 0.6 is 0 Å². The van der Waals surface area contributed by atoms with Gasteiger partial charge in [0.25, 0.3) is 11.1 Å². The van der Waals surface area contributed by atoms with E-state index >= 15 is 0 Å². The number of allylic oxidation sites excluding steroid dienone is 1. The number of benzene rings is 2. The number of fused-ring (bicyclic) bond motifs is 2. The van der Waals surface area contributed by atoms with Crippen LogP contribution in [0.4, 0.5) is 0 Å². The average Bonchev–Trinajstić information content (AvgIpc) is 3.30. The first kappa shape index (κ1) is 23.8. The summed E-state index contributed by atoms with van der Waals surface area (Å²) in [6.45, 7) is 0.190. The van der Waals surface area contributed by atoms with Gasteiger partial charge in [-0.2, -0.15) is 14.8 Å². The topological polar surface area (TPSA) is 115 Å². The predicted octanol–water partition coefficient (Wildman–Crippen LogP) is 1.86. The maximum absolute atomic E-state index is 13.7. The molecule has 188 valence electrons. The van der Waals surface area contributed by atoms with E-state index in [1.165, 1.54) is 39.1 Å². The van der Waals surface area contributed by atoms with E-state index in [4.69, 9.17) is 9.47 Å². The van der Waals surface area contributed by atoms with Crippen LogP contribution in [0.3, 0.4) is 0 Å². The molecule has 0 N–H and O–H groups in total. The minimum atomic E-state index is -0.530. The van der Waals surface area contributed by atoms with Crippen molar-refractivity contribution in [2.45, 2.75) is 6.54 Å². The summed E-state index contributed by atoms with van der Waals surface area (Å²) in [5.74, 6) is 0.735. The molecule has 5 aromatic rings. The minimum absolute atomic E-state index is 0.0859. The van der Waals surface area contributed by atoms with Crippen LogP contribution in [-0.2, 0) is 20.6 Å². The predicted molar refractivity (Wildman–Crippen MR) is 140 cm³/mol. The molecule has 5 rings (SSSR count). The maximum Gasteiger partial charge on any atom is 0.332 e. The van der Waals surface area contributed by atoms with E-state index in [1.54, 1.807) is 16.7 Å². The van der Waals surface area contributed by atoms with Crippen LogP contribution in [0.5, 0.6) is 11.5 Å². The molecular weight excluding hydrogens is 476 g/mol. The molecule has 0 aliphatic rings. The molecule has 0 fully saturated rings. The fourth-order valence-electron chi connectivity index (χ4n) is 4.32. The second-order valence-electron chi connectivity index (χ2n) is 8.34. The van der Waals surface area contributed by atoms with Crippen LogP contribution in [0.25, 0.3) is 34.0 Å². The molecule has 11 heteroatoms. The Morgan fingerprint density at radius 3 is 2.38 bits per heavy atom. The van der Waals surface area contributed by atoms with Crippen molar-refractivity contribution >= 4 is 28.0 Å². The highest BCUT2D eigenvalue weighted by Gasteiger charge is 2.23. The summed E-state index contributed by atoms with van der Waals surface area (Å²) < 4.78 is 15.8. The first-order valence-electron chi connectivity index (χ1n) is 11.4. The number of aromatic nitrogens is 6. The van der Waals surface area contributed by atoms with E-state index < -0.39 is 16.8 Å². The first-order chi connectivity index (χ1) is 17.9. The summed E-state index contributed by atoms with van der Waals surface area (Å²) >= 11 is 0. The SMILES string of the molecule is COc1ccc2cnn(-c3nc4c(c(=O)n(C)c(=O)n4C)n3C/C=C/c3ccccc3)c(=O)c2c1OC. The van der Waals surface area contributed by atoms with Gasteiger partial charge in [-0.1, -0.05) is 42.5 Å². The van der Waals surface area contributed by atoms with Crippen LogP contribution in [0, 0.1) is 0 Å². The van der Waals surface area contributed by atoms with Gasteiger partial charge in [-0.3, -0.25) is 23.3 Å². The fraction of sp³-hybridized carbons (Fsp3) is 0.192. The molecule has 3 heterocycles. The van der Waals surface area contributed by atoms with Gasteiger partial charge in [0.15, 0.2) is 22.7 Å². The number of nitrogens with zero attached hydrogens (tertiary/aromatic N) is 6. The van der Waals surface area contributed by atoms with Crippen LogP contribution < -0.4 is 26.3 Å². The lowest BCUT2D eigenvalue weighted by Gasteiger charge is -2.12. The number of rotatable bonds is 6. The molecule has 0 spiro atoms. The van der Waals surface area contributed by atoms with E-state index in [0.717, 1.165) is 14.8 Å². The third-order valence-corrected chi connectivity index (χ3v) is 6.21. The zero-order valence-corrected chi connectivity index (χ0v) is 20.7. The largest absolute Gasteiger partial charge is 0.493 e. The van der Waals surface area contributed by atoms with Crippen molar-refractivity contribution in [3.8, 4) is 17.4 Å². The molecular formula is C26H24N6O5. The van der Waals surface area contributed by atoms with Crippen molar-refractivity contribution in [2.75, 3.05) is 14.2 Å². The van der Waals surface area contributed by atoms with Gasteiger partial charge >= 0.3 is 5.69 Å². The standard InChI is InChI=1S/C26H24N6O5/c1-29-22-20(24(34)30(2)26(29)35)31(14-8-11-16-9-6-5-7-10-16)25(28-22)32-23(33)19-17(15-27-32)12-13-18(36-3)21(19)37-4/h5-13,15H,14H2,1-4H3/b11-8+. The molecule has 0 bridgehead atoms. The zero-order chi connectivity index (χ0) is 26.3. The molecule has 0 aliphatic heterocycles. The van der Waals surface area contributed by atoms with E-state index in [0.29, 0.717) is 11.1 Å². The molecule has 0 amide bonds. The molecule has 0 saturated carbocycles. The lowest BCUT2D eigenvalue weighted by molar-refractivity contribution is 0.358. The van der Waals surface area contributed by atoms with Crippen molar-refractivity contribution in [2.24, 2.45) is 14.1 Å². The third kappa shape index (κ3) is 3.80. The Hall–Kier alpha value is -4.93. The summed E-state index contributed by atoms with van der Waals surface area (Å²) in [6, 6.07) is 13.1. The Labute approximate surface area is 210 Å². The Balaban J connectivity index is 1.81. The Morgan fingerprint density at radius 2 is 1.68 bits per heavy atom. The van der Waals surface area contributed by atoms with Gasteiger partial charge in [0.2, 0.25) is 5.95 Å². The third-order valence-electron chi connectivity index (χ3n) is 6.21. The number of aryl methyl sites for hydroxylation is 1. The zero-order valence-electron chi connectivity index (χ0n) is 20.7. The van der Waals surface area contributed by atoms with Crippen molar-refractivity contribution in [3.63, 3.8) is 0 Å². The molecule has 0 aliphatic carbocycles. The molecule has 0 radical (unpaired) electrons. The molecule has 0 atom stereocenters. The quantitative estimate of drug-likeness (QED) is 0.350. The lowest BCUT2D eigenvalue weighted by Crippen LogP contribution is -2.37. The highest BCUT2D eigenvalue weighted by Crippen LogP contribution is 2.33. The van der Waals surface area contributed by atoms with Crippen molar-refractivity contribution in [1.29, 1.82) is 0 Å². The molecule has 3 aromatic heterocycles. The second kappa shape index (κ2) is 9.26. The van der Waals surface area contributed by atoms with Gasteiger partial charge in [0, 0.05) is 26.0 Å². The Morgan fingerprint density at radius 1 is 0.919 bits per heavy atom. The van der Waals surface area contributed by atoms with E-state index in [-0.39, 0.29) is 34.8 Å². The Kier molecular flexibility index (Phi) is 5.96. The van der Waals surface area contributed by atoms with Gasteiger partial charge in [0.1, 0.15) is 0 Å². The normalized spacial score (nSPS) is 11.6. The number of ether oxygens (including phenoxy) is 2. The first-order valence-corrected chi connectivity index (χ1v) is 11.4. The Bertz CT molecular complexity index is 1860. The average molecular weight is 501 g/mol. The molecule has 11 nitrogen and oxygen atoms in total. The summed E-state index contributed by atoms with van der Waals surface area (Å²) in [5.41, 5.74) is -0.298. The van der Waals surface area contributed by atoms with Gasteiger partial charge < -0.3 is 9.47 Å². The van der Waals surface area contributed by atoms with E-state index in [2.05, 4.69) is 10.1 Å². The number of methoxy groups -OCH3 is 2. The summed E-state index contributed by atoms with van der Waals surface area (Å²) in [6.07, 6.45) is 5.26. The summed E-state index contributed by atoms with van der Waals surface area (Å²) in [4.78, 5) is 44.1. The van der Waals surface area contributed by atoms with Crippen LogP contribution in [0.1, 0.15) is 5.56 Å². The van der Waals surface area contributed by atoms with Crippen LogP contribution in [-0.4, -0.2) is 42.7 Å².